The molecule has 0 aliphatic carbocycles. The van der Waals surface area contributed by atoms with Crippen LogP contribution in [-0.2, 0) is 11.8 Å². The maximum atomic E-state index is 12.1. The average Bonchev–Trinajstić information content (AvgIpc) is 2.56. The first-order valence-electron chi connectivity index (χ1n) is 5.46. The van der Waals surface area contributed by atoms with Gasteiger partial charge in [0, 0.05) is 33.8 Å². The van der Waals surface area contributed by atoms with Gasteiger partial charge in [0.25, 0.3) is 5.91 Å². The van der Waals surface area contributed by atoms with E-state index in [2.05, 4.69) is 5.10 Å². The molecule has 2 N–H and O–H groups in total. The second kappa shape index (κ2) is 5.79. The highest BCUT2D eigenvalue weighted by molar-refractivity contribution is 5.92. The van der Waals surface area contributed by atoms with Crippen molar-refractivity contribution in [1.82, 2.24) is 14.7 Å². The van der Waals surface area contributed by atoms with Crippen LogP contribution in [0.3, 0.4) is 0 Å². The average molecular weight is 240 g/mol. The van der Waals surface area contributed by atoms with Gasteiger partial charge in [0.1, 0.15) is 5.69 Å². The van der Waals surface area contributed by atoms with Crippen LogP contribution in [0.25, 0.3) is 0 Å². The Hall–Kier alpha value is -1.40. The zero-order valence-corrected chi connectivity index (χ0v) is 10.8. The molecule has 0 saturated carbocycles. The number of ether oxygens (including phenoxy) is 1. The smallest absolute Gasteiger partial charge is 0.271 e. The molecule has 1 aromatic heterocycles. The Kier molecular flexibility index (Phi) is 4.65. The number of methoxy groups -OCH3 is 1. The van der Waals surface area contributed by atoms with Gasteiger partial charge in [-0.1, -0.05) is 0 Å². The summed E-state index contributed by atoms with van der Waals surface area (Å²) in [5.41, 5.74) is 7.19. The first-order chi connectivity index (χ1) is 7.95. The van der Waals surface area contributed by atoms with Crippen molar-refractivity contribution < 1.29 is 9.53 Å². The number of carbonyl (C=O) groups excluding carboxylic acids is 1. The minimum atomic E-state index is -0.178. The molecule has 6 heteroatoms. The molecule has 96 valence electrons. The van der Waals surface area contributed by atoms with Gasteiger partial charge in [0.05, 0.1) is 12.3 Å². The number of rotatable bonds is 5. The van der Waals surface area contributed by atoms with E-state index in [0.29, 0.717) is 18.8 Å². The van der Waals surface area contributed by atoms with Gasteiger partial charge in [-0.05, 0) is 13.0 Å². The second-order valence-electron chi connectivity index (χ2n) is 4.20. The lowest BCUT2D eigenvalue weighted by Gasteiger charge is -2.20. The van der Waals surface area contributed by atoms with Crippen LogP contribution in [0.2, 0.25) is 0 Å². The van der Waals surface area contributed by atoms with Crippen molar-refractivity contribution in [2.75, 3.05) is 27.3 Å². The molecule has 0 aliphatic rings. The molecule has 1 heterocycles. The molecule has 0 spiro atoms. The molecular formula is C11H20N4O2. The molecule has 6 nitrogen and oxygen atoms in total. The van der Waals surface area contributed by atoms with Crippen LogP contribution < -0.4 is 5.73 Å². The SMILES string of the molecule is COCC(N)CN(C)C(=O)c1cc(C)nn1C. The lowest BCUT2D eigenvalue weighted by molar-refractivity contribution is 0.0754. The molecule has 0 fully saturated rings. The molecule has 1 unspecified atom stereocenters. The van der Waals surface area contributed by atoms with Gasteiger partial charge < -0.3 is 15.4 Å². The standard InChI is InChI=1S/C11H20N4O2/c1-8-5-10(15(3)13-8)11(16)14(2)6-9(12)7-17-4/h5,9H,6-7,12H2,1-4H3. The zero-order valence-electron chi connectivity index (χ0n) is 10.8. The number of aryl methyl sites for hydroxylation is 2. The molecule has 0 aliphatic heterocycles. The second-order valence-corrected chi connectivity index (χ2v) is 4.20. The largest absolute Gasteiger partial charge is 0.383 e. The minimum Gasteiger partial charge on any atom is -0.383 e. The van der Waals surface area contributed by atoms with Crippen LogP contribution in [0.15, 0.2) is 6.07 Å². The number of hydrogen-bond donors (Lipinski definition) is 1. The molecule has 1 atom stereocenters. The van der Waals surface area contributed by atoms with Gasteiger partial charge >= 0.3 is 0 Å². The van der Waals surface area contributed by atoms with Crippen LogP contribution in [0.1, 0.15) is 16.2 Å². The fourth-order valence-corrected chi connectivity index (χ4v) is 1.71. The molecule has 1 rings (SSSR count). The third-order valence-electron chi connectivity index (χ3n) is 2.46. The molecule has 0 bridgehead atoms. The van der Waals surface area contributed by atoms with Gasteiger partial charge in [-0.3, -0.25) is 9.48 Å². The van der Waals surface area contributed by atoms with Gasteiger partial charge in [0.2, 0.25) is 0 Å². The number of carbonyl (C=O) groups is 1. The predicted octanol–water partition coefficient (Wildman–Crippen LogP) is -0.226. The Bertz CT molecular complexity index is 389. The van der Waals surface area contributed by atoms with Gasteiger partial charge in [0.15, 0.2) is 0 Å². The minimum absolute atomic E-state index is 0.0837. The third-order valence-corrected chi connectivity index (χ3v) is 2.46. The van der Waals surface area contributed by atoms with Crippen LogP contribution >= 0.6 is 0 Å². The predicted molar refractivity (Wildman–Crippen MR) is 64.8 cm³/mol. The number of likely N-dealkylation sites (N-methyl/N-ethyl adjacent to an activating group) is 1. The summed E-state index contributed by atoms with van der Waals surface area (Å²) in [7, 11) is 5.06. The van der Waals surface area contributed by atoms with Crippen molar-refractivity contribution in [2.45, 2.75) is 13.0 Å². The van der Waals surface area contributed by atoms with Crippen LogP contribution in [0.4, 0.5) is 0 Å². The molecule has 0 aromatic carbocycles. The summed E-state index contributed by atoms with van der Waals surface area (Å²) in [6, 6.07) is 1.59. The molecule has 17 heavy (non-hydrogen) atoms. The quantitative estimate of drug-likeness (QED) is 0.772. The van der Waals surface area contributed by atoms with E-state index in [-0.39, 0.29) is 11.9 Å². The number of nitrogens with two attached hydrogens (primary N) is 1. The Morgan fingerprint density at radius 3 is 2.82 bits per heavy atom. The highest BCUT2D eigenvalue weighted by atomic mass is 16.5. The molecular weight excluding hydrogens is 220 g/mol. The fourth-order valence-electron chi connectivity index (χ4n) is 1.71. The van der Waals surface area contributed by atoms with Crippen LogP contribution in [0, 0.1) is 6.92 Å². The maximum absolute atomic E-state index is 12.1. The highest BCUT2D eigenvalue weighted by Gasteiger charge is 2.18. The van der Waals surface area contributed by atoms with E-state index >= 15 is 0 Å². The zero-order chi connectivity index (χ0) is 13.0. The van der Waals surface area contributed by atoms with E-state index in [4.69, 9.17) is 10.5 Å². The van der Waals surface area contributed by atoms with E-state index in [1.165, 1.54) is 0 Å². The van der Waals surface area contributed by atoms with Crippen molar-refractivity contribution >= 4 is 5.91 Å². The third kappa shape index (κ3) is 3.54. The summed E-state index contributed by atoms with van der Waals surface area (Å²) < 4.78 is 6.52. The van der Waals surface area contributed by atoms with Crippen LogP contribution in [-0.4, -0.2) is 53.9 Å². The van der Waals surface area contributed by atoms with Crippen LogP contribution in [0.5, 0.6) is 0 Å². The summed E-state index contributed by atoms with van der Waals surface area (Å²) in [4.78, 5) is 13.7. The highest BCUT2D eigenvalue weighted by Crippen LogP contribution is 2.05. The van der Waals surface area contributed by atoms with Gasteiger partial charge in [-0.25, -0.2) is 0 Å². The number of nitrogens with zero attached hydrogens (tertiary/aromatic N) is 3. The summed E-state index contributed by atoms with van der Waals surface area (Å²) in [6.45, 7) is 2.74. The Balaban J connectivity index is 2.66. The number of hydrogen-bond acceptors (Lipinski definition) is 4. The molecule has 1 amide bonds. The van der Waals surface area contributed by atoms with E-state index < -0.39 is 0 Å². The number of aromatic nitrogens is 2. The summed E-state index contributed by atoms with van der Waals surface area (Å²) in [5, 5.41) is 4.14. The van der Waals surface area contributed by atoms with E-state index in [1.807, 2.05) is 6.92 Å². The Labute approximate surface area is 101 Å². The topological polar surface area (TPSA) is 73.4 Å². The van der Waals surface area contributed by atoms with Crippen molar-refractivity contribution in [2.24, 2.45) is 12.8 Å². The van der Waals surface area contributed by atoms with Crippen molar-refractivity contribution in [1.29, 1.82) is 0 Å². The van der Waals surface area contributed by atoms with Crippen molar-refractivity contribution in [3.63, 3.8) is 0 Å². The van der Waals surface area contributed by atoms with Crippen molar-refractivity contribution in [3.8, 4) is 0 Å². The first kappa shape index (κ1) is 13.7. The summed E-state index contributed by atoms with van der Waals surface area (Å²) in [5.74, 6) is -0.0837. The van der Waals surface area contributed by atoms with Gasteiger partial charge in [-0.15, -0.1) is 0 Å². The Morgan fingerprint density at radius 2 is 2.35 bits per heavy atom. The van der Waals surface area contributed by atoms with E-state index in [1.54, 1.807) is 36.9 Å². The lowest BCUT2D eigenvalue weighted by atomic mass is 10.3. The van der Waals surface area contributed by atoms with E-state index in [9.17, 15) is 4.79 Å². The Morgan fingerprint density at radius 1 is 1.71 bits per heavy atom. The van der Waals surface area contributed by atoms with Gasteiger partial charge in [-0.2, -0.15) is 5.10 Å². The van der Waals surface area contributed by atoms with E-state index in [0.717, 1.165) is 5.69 Å². The first-order valence-corrected chi connectivity index (χ1v) is 5.46. The maximum Gasteiger partial charge on any atom is 0.271 e. The molecule has 0 radical (unpaired) electrons. The summed E-state index contributed by atoms with van der Waals surface area (Å²) >= 11 is 0. The lowest BCUT2D eigenvalue weighted by Crippen LogP contribution is -2.41. The van der Waals surface area contributed by atoms with Crippen molar-refractivity contribution in [3.05, 3.63) is 17.5 Å². The number of amides is 1. The fraction of sp³-hybridized carbons (Fsp3) is 0.636. The monoisotopic (exact) mass is 240 g/mol. The normalized spacial score (nSPS) is 12.5. The molecule has 1 aromatic rings. The summed E-state index contributed by atoms with van der Waals surface area (Å²) in [6.07, 6.45) is 0. The molecule has 0 saturated heterocycles.